The molecule has 0 aliphatic heterocycles. The Morgan fingerprint density at radius 1 is 0.833 bits per heavy atom. The van der Waals surface area contributed by atoms with Gasteiger partial charge in [0.25, 0.3) is 0 Å². The third-order valence-electron chi connectivity index (χ3n) is 3.19. The van der Waals surface area contributed by atoms with Crippen LogP contribution in [0.4, 0.5) is 17.6 Å². The summed E-state index contributed by atoms with van der Waals surface area (Å²) in [7, 11) is 0. The van der Waals surface area contributed by atoms with Crippen LogP contribution < -0.4 is 10.6 Å². The molecule has 2 N–H and O–H groups in total. The Hall–Kier alpha value is -2.66. The topological polar surface area (TPSA) is 62.7 Å². The first kappa shape index (κ1) is 16.2. The standard InChI is InChI=1S/C18H18ClN5/c1-12(2)20-17-22-16(13-6-4-3-5-7-13)23-18(24-17)21-15-10-8-14(19)9-11-15/h3-12H,1-2H3,(H2,20,21,22,23,24). The van der Waals surface area contributed by atoms with Crippen LogP contribution in [0.25, 0.3) is 11.4 Å². The Bertz CT molecular complexity index is 803. The predicted octanol–water partition coefficient (Wildman–Crippen LogP) is 4.76. The molecule has 0 aliphatic rings. The van der Waals surface area contributed by atoms with Crippen molar-refractivity contribution in [2.45, 2.75) is 19.9 Å². The van der Waals surface area contributed by atoms with Gasteiger partial charge in [-0.05, 0) is 38.1 Å². The molecule has 0 unspecified atom stereocenters. The largest absolute Gasteiger partial charge is 0.352 e. The molecule has 0 aliphatic carbocycles. The average molecular weight is 340 g/mol. The third-order valence-corrected chi connectivity index (χ3v) is 3.44. The van der Waals surface area contributed by atoms with Crippen molar-refractivity contribution in [2.75, 3.05) is 10.6 Å². The van der Waals surface area contributed by atoms with Crippen LogP contribution in [0.1, 0.15) is 13.8 Å². The van der Waals surface area contributed by atoms with Crippen molar-refractivity contribution in [3.05, 3.63) is 59.6 Å². The molecule has 1 heterocycles. The van der Waals surface area contributed by atoms with Gasteiger partial charge in [0, 0.05) is 22.3 Å². The second-order valence-corrected chi connectivity index (χ2v) is 6.04. The normalized spacial score (nSPS) is 10.7. The quantitative estimate of drug-likeness (QED) is 0.702. The molecule has 24 heavy (non-hydrogen) atoms. The molecule has 0 radical (unpaired) electrons. The van der Waals surface area contributed by atoms with Crippen molar-refractivity contribution in [3.8, 4) is 11.4 Å². The molecule has 6 heteroatoms. The van der Waals surface area contributed by atoms with Crippen LogP contribution in [0.15, 0.2) is 54.6 Å². The van der Waals surface area contributed by atoms with Gasteiger partial charge < -0.3 is 10.6 Å². The maximum absolute atomic E-state index is 5.92. The molecule has 122 valence electrons. The molecule has 0 amide bonds. The molecule has 0 fully saturated rings. The Balaban J connectivity index is 1.96. The van der Waals surface area contributed by atoms with Gasteiger partial charge in [-0.15, -0.1) is 0 Å². The van der Waals surface area contributed by atoms with Gasteiger partial charge in [-0.25, -0.2) is 0 Å². The summed E-state index contributed by atoms with van der Waals surface area (Å²) in [5.41, 5.74) is 1.80. The summed E-state index contributed by atoms with van der Waals surface area (Å²) in [6.45, 7) is 4.08. The van der Waals surface area contributed by atoms with E-state index in [1.165, 1.54) is 0 Å². The van der Waals surface area contributed by atoms with Crippen LogP contribution in [0.5, 0.6) is 0 Å². The number of benzene rings is 2. The molecule has 2 aromatic carbocycles. The summed E-state index contributed by atoms with van der Waals surface area (Å²) in [5.74, 6) is 1.63. The summed E-state index contributed by atoms with van der Waals surface area (Å²) in [6, 6.07) is 17.4. The first-order valence-electron chi connectivity index (χ1n) is 7.71. The molecular formula is C18H18ClN5. The number of rotatable bonds is 5. The number of nitrogens with zero attached hydrogens (tertiary/aromatic N) is 3. The average Bonchev–Trinajstić information content (AvgIpc) is 2.57. The van der Waals surface area contributed by atoms with Gasteiger partial charge in [0.1, 0.15) is 0 Å². The van der Waals surface area contributed by atoms with Crippen molar-refractivity contribution >= 4 is 29.2 Å². The van der Waals surface area contributed by atoms with E-state index in [2.05, 4.69) is 25.6 Å². The molecule has 0 bridgehead atoms. The van der Waals surface area contributed by atoms with E-state index < -0.39 is 0 Å². The summed E-state index contributed by atoms with van der Waals surface area (Å²) in [5, 5.41) is 7.10. The lowest BCUT2D eigenvalue weighted by Gasteiger charge is -2.12. The second kappa shape index (κ2) is 7.27. The maximum atomic E-state index is 5.92. The number of hydrogen-bond acceptors (Lipinski definition) is 5. The molecule has 3 rings (SSSR count). The Morgan fingerprint density at radius 3 is 2.17 bits per heavy atom. The lowest BCUT2D eigenvalue weighted by molar-refractivity contribution is 0.869. The van der Waals surface area contributed by atoms with Crippen LogP contribution >= 0.6 is 11.6 Å². The second-order valence-electron chi connectivity index (χ2n) is 5.60. The molecule has 3 aromatic rings. The summed E-state index contributed by atoms with van der Waals surface area (Å²) in [4.78, 5) is 13.5. The Labute approximate surface area is 146 Å². The highest BCUT2D eigenvalue weighted by atomic mass is 35.5. The molecule has 1 aromatic heterocycles. The van der Waals surface area contributed by atoms with Gasteiger partial charge >= 0.3 is 0 Å². The Kier molecular flexibility index (Phi) is 4.91. The van der Waals surface area contributed by atoms with Gasteiger partial charge in [-0.1, -0.05) is 41.9 Å². The van der Waals surface area contributed by atoms with E-state index in [-0.39, 0.29) is 6.04 Å². The number of nitrogens with one attached hydrogen (secondary N) is 2. The monoisotopic (exact) mass is 339 g/mol. The smallest absolute Gasteiger partial charge is 0.232 e. The molecule has 0 saturated carbocycles. The van der Waals surface area contributed by atoms with Gasteiger partial charge in [-0.2, -0.15) is 15.0 Å². The van der Waals surface area contributed by atoms with E-state index in [4.69, 9.17) is 11.6 Å². The minimum Gasteiger partial charge on any atom is -0.352 e. The van der Waals surface area contributed by atoms with Crippen molar-refractivity contribution in [1.82, 2.24) is 15.0 Å². The minimum absolute atomic E-state index is 0.222. The summed E-state index contributed by atoms with van der Waals surface area (Å²) in [6.07, 6.45) is 0. The van der Waals surface area contributed by atoms with Gasteiger partial charge in [-0.3, -0.25) is 0 Å². The van der Waals surface area contributed by atoms with E-state index in [1.807, 2.05) is 68.4 Å². The zero-order valence-corrected chi connectivity index (χ0v) is 14.2. The SMILES string of the molecule is CC(C)Nc1nc(Nc2ccc(Cl)cc2)nc(-c2ccccc2)n1. The third kappa shape index (κ3) is 4.20. The lowest BCUT2D eigenvalue weighted by Crippen LogP contribution is -2.14. The highest BCUT2D eigenvalue weighted by molar-refractivity contribution is 6.30. The fraction of sp³-hybridized carbons (Fsp3) is 0.167. The molecule has 5 nitrogen and oxygen atoms in total. The van der Waals surface area contributed by atoms with Gasteiger partial charge in [0.15, 0.2) is 5.82 Å². The highest BCUT2D eigenvalue weighted by Crippen LogP contribution is 2.21. The maximum Gasteiger partial charge on any atom is 0.232 e. The van der Waals surface area contributed by atoms with E-state index >= 15 is 0 Å². The number of anilines is 3. The number of aromatic nitrogens is 3. The van der Waals surface area contributed by atoms with E-state index in [0.29, 0.717) is 22.7 Å². The van der Waals surface area contributed by atoms with Crippen molar-refractivity contribution < 1.29 is 0 Å². The van der Waals surface area contributed by atoms with Crippen molar-refractivity contribution in [2.24, 2.45) is 0 Å². The van der Waals surface area contributed by atoms with Gasteiger partial charge in [0.2, 0.25) is 11.9 Å². The summed E-state index contributed by atoms with van der Waals surface area (Å²) < 4.78 is 0. The molecule has 0 saturated heterocycles. The van der Waals surface area contributed by atoms with E-state index in [9.17, 15) is 0 Å². The van der Waals surface area contributed by atoms with Crippen LogP contribution in [0.3, 0.4) is 0 Å². The first-order valence-corrected chi connectivity index (χ1v) is 8.08. The lowest BCUT2D eigenvalue weighted by atomic mass is 10.2. The van der Waals surface area contributed by atoms with Crippen molar-refractivity contribution in [1.29, 1.82) is 0 Å². The van der Waals surface area contributed by atoms with E-state index in [0.717, 1.165) is 11.3 Å². The molecular weight excluding hydrogens is 322 g/mol. The van der Waals surface area contributed by atoms with Crippen molar-refractivity contribution in [3.63, 3.8) is 0 Å². The Morgan fingerprint density at radius 2 is 1.50 bits per heavy atom. The fourth-order valence-corrected chi connectivity index (χ4v) is 2.26. The summed E-state index contributed by atoms with van der Waals surface area (Å²) >= 11 is 5.92. The zero-order chi connectivity index (χ0) is 16.9. The van der Waals surface area contributed by atoms with Crippen LogP contribution in [-0.4, -0.2) is 21.0 Å². The van der Waals surface area contributed by atoms with E-state index in [1.54, 1.807) is 0 Å². The molecule has 0 atom stereocenters. The predicted molar refractivity (Wildman–Crippen MR) is 98.8 cm³/mol. The fourth-order valence-electron chi connectivity index (χ4n) is 2.13. The van der Waals surface area contributed by atoms with Crippen LogP contribution in [0.2, 0.25) is 5.02 Å². The van der Waals surface area contributed by atoms with Crippen LogP contribution in [-0.2, 0) is 0 Å². The highest BCUT2D eigenvalue weighted by Gasteiger charge is 2.09. The van der Waals surface area contributed by atoms with Gasteiger partial charge in [0.05, 0.1) is 0 Å². The number of halogens is 1. The minimum atomic E-state index is 0.222. The zero-order valence-electron chi connectivity index (χ0n) is 13.5. The molecule has 0 spiro atoms. The van der Waals surface area contributed by atoms with Crippen LogP contribution in [0, 0.1) is 0 Å². The first-order chi connectivity index (χ1) is 11.6. The number of hydrogen-bond donors (Lipinski definition) is 2.